The predicted molar refractivity (Wildman–Crippen MR) is 62.4 cm³/mol. The van der Waals surface area contributed by atoms with E-state index in [9.17, 15) is 4.79 Å². The lowest BCUT2D eigenvalue weighted by atomic mass is 10.1. The second-order valence-electron chi connectivity index (χ2n) is 3.34. The van der Waals surface area contributed by atoms with E-state index in [1.165, 1.54) is 13.2 Å². The minimum Gasteiger partial charge on any atom is -0.463 e. The van der Waals surface area contributed by atoms with E-state index < -0.39 is 0 Å². The Kier molecular flexibility index (Phi) is 4.58. The monoisotopic (exact) mass is 220 g/mol. The number of benzene rings is 1. The number of hydrogen-bond acceptors (Lipinski definition) is 3. The van der Waals surface area contributed by atoms with Crippen LogP contribution in [-0.2, 0) is 4.74 Å². The van der Waals surface area contributed by atoms with Gasteiger partial charge in [0.1, 0.15) is 5.75 Å². The third-order valence-electron chi connectivity index (χ3n) is 2.11. The minimum atomic E-state index is -0.333. The SMILES string of the molecule is C=COC(CC)Oc1ccc(C(C)=O)cc1. The number of Topliss-reactive ketones (excluding diaryl/α,β-unsaturated/α-hetero) is 1. The highest BCUT2D eigenvalue weighted by atomic mass is 16.7. The molecule has 1 aromatic carbocycles. The van der Waals surface area contributed by atoms with Crippen LogP contribution in [0.25, 0.3) is 0 Å². The Balaban J connectivity index is 2.66. The van der Waals surface area contributed by atoms with Crippen molar-refractivity contribution in [3.63, 3.8) is 0 Å². The van der Waals surface area contributed by atoms with Crippen LogP contribution in [0.4, 0.5) is 0 Å². The first kappa shape index (κ1) is 12.3. The summed E-state index contributed by atoms with van der Waals surface area (Å²) in [6.07, 6.45) is 1.75. The Morgan fingerprint density at radius 2 is 2.06 bits per heavy atom. The third-order valence-corrected chi connectivity index (χ3v) is 2.11. The second kappa shape index (κ2) is 5.95. The van der Waals surface area contributed by atoms with Crippen LogP contribution in [0.1, 0.15) is 30.6 Å². The van der Waals surface area contributed by atoms with Crippen LogP contribution < -0.4 is 4.74 Å². The zero-order valence-electron chi connectivity index (χ0n) is 9.60. The minimum absolute atomic E-state index is 0.0425. The van der Waals surface area contributed by atoms with Crippen LogP contribution >= 0.6 is 0 Å². The van der Waals surface area contributed by atoms with E-state index in [0.717, 1.165) is 6.42 Å². The zero-order chi connectivity index (χ0) is 12.0. The van der Waals surface area contributed by atoms with Gasteiger partial charge in [0.25, 0.3) is 0 Å². The number of carbonyl (C=O) groups excluding carboxylic acids is 1. The Hall–Kier alpha value is -1.77. The van der Waals surface area contributed by atoms with Gasteiger partial charge in [0.15, 0.2) is 5.78 Å². The van der Waals surface area contributed by atoms with Gasteiger partial charge in [0.05, 0.1) is 6.26 Å². The molecule has 3 nitrogen and oxygen atoms in total. The summed E-state index contributed by atoms with van der Waals surface area (Å²) in [5.74, 6) is 0.722. The highest BCUT2D eigenvalue weighted by molar-refractivity contribution is 5.94. The summed E-state index contributed by atoms with van der Waals surface area (Å²) >= 11 is 0. The lowest BCUT2D eigenvalue weighted by molar-refractivity contribution is -0.0309. The third kappa shape index (κ3) is 3.42. The van der Waals surface area contributed by atoms with Gasteiger partial charge in [0.2, 0.25) is 6.29 Å². The summed E-state index contributed by atoms with van der Waals surface area (Å²) in [7, 11) is 0. The van der Waals surface area contributed by atoms with E-state index in [4.69, 9.17) is 9.47 Å². The van der Waals surface area contributed by atoms with E-state index in [1.807, 2.05) is 6.92 Å². The molecule has 0 aliphatic carbocycles. The second-order valence-corrected chi connectivity index (χ2v) is 3.34. The fourth-order valence-electron chi connectivity index (χ4n) is 1.23. The maximum Gasteiger partial charge on any atom is 0.239 e. The molecule has 0 saturated carbocycles. The van der Waals surface area contributed by atoms with Crippen molar-refractivity contribution >= 4 is 5.78 Å². The molecule has 1 unspecified atom stereocenters. The van der Waals surface area contributed by atoms with Crippen LogP contribution in [0.5, 0.6) is 5.75 Å². The van der Waals surface area contributed by atoms with Crippen LogP contribution in [0.15, 0.2) is 37.1 Å². The van der Waals surface area contributed by atoms with Crippen molar-refractivity contribution < 1.29 is 14.3 Å². The van der Waals surface area contributed by atoms with Crippen molar-refractivity contribution in [3.8, 4) is 5.75 Å². The molecule has 1 atom stereocenters. The molecule has 0 bridgehead atoms. The summed E-state index contributed by atoms with van der Waals surface area (Å²) in [4.78, 5) is 11.1. The van der Waals surface area contributed by atoms with Gasteiger partial charge in [-0.2, -0.15) is 0 Å². The Labute approximate surface area is 95.7 Å². The molecule has 0 spiro atoms. The van der Waals surface area contributed by atoms with Crippen molar-refractivity contribution in [2.75, 3.05) is 0 Å². The lowest BCUT2D eigenvalue weighted by Crippen LogP contribution is -2.16. The van der Waals surface area contributed by atoms with Crippen LogP contribution in [0.2, 0.25) is 0 Å². The molecule has 0 heterocycles. The maximum absolute atomic E-state index is 11.1. The Morgan fingerprint density at radius 1 is 1.44 bits per heavy atom. The van der Waals surface area contributed by atoms with Crippen molar-refractivity contribution in [2.45, 2.75) is 26.6 Å². The predicted octanol–water partition coefficient (Wildman–Crippen LogP) is 3.16. The van der Waals surface area contributed by atoms with E-state index in [0.29, 0.717) is 11.3 Å². The van der Waals surface area contributed by atoms with Crippen LogP contribution in [0.3, 0.4) is 0 Å². The fourth-order valence-corrected chi connectivity index (χ4v) is 1.23. The lowest BCUT2D eigenvalue weighted by Gasteiger charge is -2.16. The van der Waals surface area contributed by atoms with E-state index in [1.54, 1.807) is 24.3 Å². The summed E-state index contributed by atoms with van der Waals surface area (Å²) in [5.41, 5.74) is 0.671. The molecule has 0 saturated heterocycles. The quantitative estimate of drug-likeness (QED) is 0.419. The van der Waals surface area contributed by atoms with Crippen molar-refractivity contribution in [1.82, 2.24) is 0 Å². The van der Waals surface area contributed by atoms with Crippen LogP contribution in [-0.4, -0.2) is 12.1 Å². The molecule has 86 valence electrons. The molecular weight excluding hydrogens is 204 g/mol. The van der Waals surface area contributed by atoms with E-state index in [-0.39, 0.29) is 12.1 Å². The van der Waals surface area contributed by atoms with Gasteiger partial charge in [-0.15, -0.1) is 0 Å². The van der Waals surface area contributed by atoms with Crippen LogP contribution in [0, 0.1) is 0 Å². The summed E-state index contributed by atoms with van der Waals surface area (Å²) in [6.45, 7) is 6.97. The highest BCUT2D eigenvalue weighted by Gasteiger charge is 2.07. The molecule has 0 radical (unpaired) electrons. The Bertz CT molecular complexity index is 354. The number of rotatable bonds is 6. The largest absolute Gasteiger partial charge is 0.463 e. The molecule has 0 amide bonds. The molecule has 0 aromatic heterocycles. The van der Waals surface area contributed by atoms with E-state index >= 15 is 0 Å². The van der Waals surface area contributed by atoms with Crippen molar-refractivity contribution in [3.05, 3.63) is 42.7 Å². The van der Waals surface area contributed by atoms with Gasteiger partial charge in [-0.25, -0.2) is 0 Å². The number of carbonyl (C=O) groups is 1. The normalized spacial score (nSPS) is 11.6. The average Bonchev–Trinajstić information content (AvgIpc) is 2.29. The fraction of sp³-hybridized carbons (Fsp3) is 0.308. The smallest absolute Gasteiger partial charge is 0.239 e. The molecular formula is C13H16O3. The zero-order valence-corrected chi connectivity index (χ0v) is 9.60. The van der Waals surface area contributed by atoms with Gasteiger partial charge in [-0.1, -0.05) is 13.5 Å². The summed E-state index contributed by atoms with van der Waals surface area (Å²) < 4.78 is 10.7. The Morgan fingerprint density at radius 3 is 2.50 bits per heavy atom. The van der Waals surface area contributed by atoms with Gasteiger partial charge < -0.3 is 9.47 Å². The first-order valence-electron chi connectivity index (χ1n) is 5.21. The first-order valence-corrected chi connectivity index (χ1v) is 5.21. The molecule has 0 fully saturated rings. The molecule has 3 heteroatoms. The molecule has 1 rings (SSSR count). The maximum atomic E-state index is 11.1. The van der Waals surface area contributed by atoms with Gasteiger partial charge >= 0.3 is 0 Å². The topological polar surface area (TPSA) is 35.5 Å². The van der Waals surface area contributed by atoms with E-state index in [2.05, 4.69) is 6.58 Å². The number of ketones is 1. The molecule has 16 heavy (non-hydrogen) atoms. The van der Waals surface area contributed by atoms with Crippen molar-refractivity contribution in [1.29, 1.82) is 0 Å². The molecule has 0 aliphatic heterocycles. The first-order chi connectivity index (χ1) is 7.67. The summed E-state index contributed by atoms with van der Waals surface area (Å²) in [5, 5.41) is 0. The average molecular weight is 220 g/mol. The number of ether oxygens (including phenoxy) is 2. The summed E-state index contributed by atoms with van der Waals surface area (Å²) in [6, 6.07) is 6.98. The number of hydrogen-bond donors (Lipinski definition) is 0. The molecule has 1 aromatic rings. The van der Waals surface area contributed by atoms with Gasteiger partial charge in [-0.05, 0) is 31.2 Å². The van der Waals surface area contributed by atoms with Crippen molar-refractivity contribution in [2.24, 2.45) is 0 Å². The molecule has 0 aliphatic rings. The highest BCUT2D eigenvalue weighted by Crippen LogP contribution is 2.15. The van der Waals surface area contributed by atoms with Gasteiger partial charge in [-0.3, -0.25) is 4.79 Å². The molecule has 0 N–H and O–H groups in total. The van der Waals surface area contributed by atoms with Gasteiger partial charge in [0, 0.05) is 12.0 Å². The standard InChI is InChI=1S/C13H16O3/c1-4-13(15-5-2)16-12-8-6-11(7-9-12)10(3)14/h5-9,13H,2,4H2,1,3H3.